The fourth-order valence-corrected chi connectivity index (χ4v) is 1.36. The number of ether oxygens (including phenoxy) is 1. The summed E-state index contributed by atoms with van der Waals surface area (Å²) in [7, 11) is 0.245. The van der Waals surface area contributed by atoms with Crippen molar-refractivity contribution >= 4 is 10.8 Å². The minimum atomic E-state index is -1.15. The van der Waals surface area contributed by atoms with Gasteiger partial charge in [0.25, 0.3) is 0 Å². The molecule has 0 aromatic heterocycles. The molecule has 0 radical (unpaired) electrons. The Morgan fingerprint density at radius 3 is 2.58 bits per heavy atom. The van der Waals surface area contributed by atoms with Crippen LogP contribution >= 0.6 is 0 Å². The van der Waals surface area contributed by atoms with Gasteiger partial charge in [-0.1, -0.05) is 0 Å². The molecule has 0 bridgehead atoms. The summed E-state index contributed by atoms with van der Waals surface area (Å²) in [5.74, 6) is -0.311. The van der Waals surface area contributed by atoms with Crippen molar-refractivity contribution < 1.29 is 13.3 Å². The Morgan fingerprint density at radius 2 is 2.17 bits per heavy atom. The molecule has 1 aromatic carbocycles. The van der Waals surface area contributed by atoms with Gasteiger partial charge in [0, 0.05) is 22.0 Å². The fraction of sp³-hybridized carbons (Fsp3) is 0.250. The van der Waals surface area contributed by atoms with Crippen LogP contribution in [-0.2, 0) is 10.8 Å². The zero-order chi connectivity index (χ0) is 9.14. The van der Waals surface area contributed by atoms with Gasteiger partial charge in [0.15, 0.2) is 11.6 Å². The topological polar surface area (TPSA) is 26.3 Å². The van der Waals surface area contributed by atoms with Gasteiger partial charge in [-0.25, -0.2) is 4.39 Å². The van der Waals surface area contributed by atoms with Gasteiger partial charge in [0.1, 0.15) is 0 Å². The molecule has 1 atom stereocenters. The quantitative estimate of drug-likeness (QED) is 0.704. The van der Waals surface area contributed by atoms with Crippen LogP contribution in [0.2, 0.25) is 0 Å². The molecule has 0 N–H and O–H groups in total. The molecule has 1 rings (SSSR count). The van der Waals surface area contributed by atoms with Gasteiger partial charge in [-0.2, -0.15) is 0 Å². The molecule has 0 spiro atoms. The van der Waals surface area contributed by atoms with Crippen LogP contribution in [0.1, 0.15) is 0 Å². The van der Waals surface area contributed by atoms with Gasteiger partial charge in [-0.3, -0.25) is 4.21 Å². The minimum absolute atomic E-state index is 0.171. The van der Waals surface area contributed by atoms with E-state index in [1.807, 2.05) is 0 Å². The number of benzene rings is 1. The molecule has 0 aliphatic rings. The normalized spacial score (nSPS) is 12.6. The Morgan fingerprint density at radius 1 is 1.50 bits per heavy atom. The first-order chi connectivity index (χ1) is 5.65. The van der Waals surface area contributed by atoms with Crippen LogP contribution in [0.4, 0.5) is 4.39 Å². The number of hydrogen-bond donors (Lipinski definition) is 0. The molecule has 66 valence electrons. The first-order valence-corrected chi connectivity index (χ1v) is 4.88. The summed E-state index contributed by atoms with van der Waals surface area (Å²) in [4.78, 5) is 0.466. The smallest absolute Gasteiger partial charge is 0.166 e. The van der Waals surface area contributed by atoms with E-state index in [0.717, 1.165) is 0 Å². The molecule has 0 amide bonds. The highest BCUT2D eigenvalue weighted by Gasteiger charge is 2.04. The van der Waals surface area contributed by atoms with E-state index in [1.165, 1.54) is 25.5 Å². The molecule has 0 heterocycles. The molecule has 0 saturated carbocycles. The molecular formula is C8H9FO2S. The van der Waals surface area contributed by atoms with Crippen molar-refractivity contribution in [2.24, 2.45) is 0 Å². The molecule has 1 aromatic rings. The summed E-state index contributed by atoms with van der Waals surface area (Å²) in [5, 5.41) is 0. The number of rotatable bonds is 2. The largest absolute Gasteiger partial charge is 0.494 e. The second-order valence-electron chi connectivity index (χ2n) is 2.25. The van der Waals surface area contributed by atoms with Crippen molar-refractivity contribution in [1.82, 2.24) is 0 Å². The zero-order valence-corrected chi connectivity index (χ0v) is 7.65. The van der Waals surface area contributed by atoms with E-state index in [-0.39, 0.29) is 5.75 Å². The Hall–Kier alpha value is -0.900. The minimum Gasteiger partial charge on any atom is -0.494 e. The Balaban J connectivity index is 3.10. The van der Waals surface area contributed by atoms with E-state index in [4.69, 9.17) is 4.74 Å². The van der Waals surface area contributed by atoms with Crippen molar-refractivity contribution in [3.05, 3.63) is 24.0 Å². The lowest BCUT2D eigenvalue weighted by molar-refractivity contribution is 0.385. The third-order valence-corrected chi connectivity index (χ3v) is 2.37. The fourth-order valence-electron chi connectivity index (χ4n) is 0.826. The van der Waals surface area contributed by atoms with Gasteiger partial charge >= 0.3 is 0 Å². The van der Waals surface area contributed by atoms with E-state index >= 15 is 0 Å². The first-order valence-electron chi connectivity index (χ1n) is 3.32. The Kier molecular flexibility index (Phi) is 2.81. The maximum Gasteiger partial charge on any atom is 0.166 e. The second-order valence-corrected chi connectivity index (χ2v) is 3.63. The third-order valence-electron chi connectivity index (χ3n) is 1.46. The lowest BCUT2D eigenvalue weighted by atomic mass is 10.3. The van der Waals surface area contributed by atoms with Gasteiger partial charge < -0.3 is 4.74 Å². The maximum absolute atomic E-state index is 13.0. The maximum atomic E-state index is 13.0. The van der Waals surface area contributed by atoms with E-state index < -0.39 is 16.6 Å². The monoisotopic (exact) mass is 188 g/mol. The van der Waals surface area contributed by atoms with Crippen LogP contribution in [0.3, 0.4) is 0 Å². The molecule has 4 heteroatoms. The molecule has 0 fully saturated rings. The van der Waals surface area contributed by atoms with Crippen LogP contribution in [0.15, 0.2) is 23.1 Å². The van der Waals surface area contributed by atoms with Gasteiger partial charge in [0.05, 0.1) is 7.11 Å². The van der Waals surface area contributed by atoms with Crippen LogP contribution in [0.5, 0.6) is 5.75 Å². The summed E-state index contributed by atoms with van der Waals surface area (Å²) in [6, 6.07) is 4.26. The summed E-state index contributed by atoms with van der Waals surface area (Å²) in [5.41, 5.74) is 0. The lowest BCUT2D eigenvalue weighted by Crippen LogP contribution is -1.92. The highest BCUT2D eigenvalue weighted by molar-refractivity contribution is 7.84. The number of halogens is 1. The van der Waals surface area contributed by atoms with Crippen molar-refractivity contribution in [3.8, 4) is 5.75 Å². The predicted molar refractivity (Wildman–Crippen MR) is 45.3 cm³/mol. The van der Waals surface area contributed by atoms with Gasteiger partial charge in [-0.05, 0) is 18.2 Å². The SMILES string of the molecule is COc1ccc(S(C)=O)cc1F. The molecule has 0 saturated heterocycles. The molecule has 12 heavy (non-hydrogen) atoms. The predicted octanol–water partition coefficient (Wildman–Crippen LogP) is 1.57. The molecule has 2 nitrogen and oxygen atoms in total. The van der Waals surface area contributed by atoms with Gasteiger partial charge in [0.2, 0.25) is 0 Å². The summed E-state index contributed by atoms with van der Waals surface area (Å²) >= 11 is 0. The van der Waals surface area contributed by atoms with Crippen molar-refractivity contribution in [2.45, 2.75) is 4.90 Å². The average molecular weight is 188 g/mol. The number of hydrogen-bond acceptors (Lipinski definition) is 2. The standard InChI is InChI=1S/C8H9FO2S/c1-11-8-4-3-6(12(2)10)5-7(8)9/h3-5H,1-2H3. The van der Waals surface area contributed by atoms with Crippen LogP contribution in [0.25, 0.3) is 0 Å². The summed E-state index contributed by atoms with van der Waals surface area (Å²) in [6.07, 6.45) is 1.50. The summed E-state index contributed by atoms with van der Waals surface area (Å²) in [6.45, 7) is 0. The van der Waals surface area contributed by atoms with Crippen LogP contribution < -0.4 is 4.74 Å². The van der Waals surface area contributed by atoms with Crippen LogP contribution in [0, 0.1) is 5.82 Å². The molecule has 1 unspecified atom stereocenters. The summed E-state index contributed by atoms with van der Waals surface area (Å²) < 4.78 is 28.6. The van der Waals surface area contributed by atoms with Gasteiger partial charge in [-0.15, -0.1) is 0 Å². The van der Waals surface area contributed by atoms with E-state index in [1.54, 1.807) is 6.07 Å². The highest BCUT2D eigenvalue weighted by atomic mass is 32.2. The van der Waals surface area contributed by atoms with Crippen molar-refractivity contribution in [1.29, 1.82) is 0 Å². The molecular weight excluding hydrogens is 179 g/mol. The van der Waals surface area contributed by atoms with E-state index in [0.29, 0.717) is 4.90 Å². The van der Waals surface area contributed by atoms with E-state index in [2.05, 4.69) is 0 Å². The van der Waals surface area contributed by atoms with Crippen molar-refractivity contribution in [2.75, 3.05) is 13.4 Å². The Bertz CT molecular complexity index is 312. The third kappa shape index (κ3) is 1.82. The molecule has 0 aliphatic heterocycles. The number of methoxy groups -OCH3 is 1. The average Bonchev–Trinajstić information content (AvgIpc) is 2.04. The molecule has 0 aliphatic carbocycles. The zero-order valence-electron chi connectivity index (χ0n) is 6.83. The Labute approximate surface area is 72.8 Å². The lowest BCUT2D eigenvalue weighted by Gasteiger charge is -2.02. The first kappa shape index (κ1) is 9.19. The van der Waals surface area contributed by atoms with Crippen LogP contribution in [-0.4, -0.2) is 17.6 Å². The van der Waals surface area contributed by atoms with E-state index in [9.17, 15) is 8.60 Å². The van der Waals surface area contributed by atoms with Crippen molar-refractivity contribution in [3.63, 3.8) is 0 Å². The second kappa shape index (κ2) is 3.67. The highest BCUT2D eigenvalue weighted by Crippen LogP contribution is 2.18.